The molecule has 0 radical (unpaired) electrons. The molecule has 126 valence electrons. The van der Waals surface area contributed by atoms with Gasteiger partial charge in [0.2, 0.25) is 0 Å². The molecule has 5 nitrogen and oxygen atoms in total. The zero-order chi connectivity index (χ0) is 17.2. The molecule has 0 amide bonds. The monoisotopic (exact) mass is 337 g/mol. The van der Waals surface area contributed by atoms with E-state index in [-0.39, 0.29) is 23.4 Å². The molecule has 1 aliphatic heterocycles. The summed E-state index contributed by atoms with van der Waals surface area (Å²) in [5.41, 5.74) is 6.77. The standard InChI is InChI=1S/C16H14F3N3O2/c17-16(18,19)24-14-8-4-2-6-11(14)21-15(20)22-12-9-23-13-7-3-1-5-10(12)13/h1-8,12H,9H2,(H3,20,21,22). The summed E-state index contributed by atoms with van der Waals surface area (Å²) >= 11 is 0. The highest BCUT2D eigenvalue weighted by atomic mass is 19.4. The van der Waals surface area contributed by atoms with E-state index in [4.69, 9.17) is 10.5 Å². The topological polar surface area (TPSA) is 68.9 Å². The van der Waals surface area contributed by atoms with Gasteiger partial charge in [-0.05, 0) is 18.2 Å². The van der Waals surface area contributed by atoms with E-state index in [9.17, 15) is 13.2 Å². The average Bonchev–Trinajstić information content (AvgIpc) is 2.91. The molecule has 1 unspecified atom stereocenters. The Morgan fingerprint density at radius 2 is 1.88 bits per heavy atom. The van der Waals surface area contributed by atoms with E-state index in [0.717, 1.165) is 11.3 Å². The van der Waals surface area contributed by atoms with Crippen LogP contribution in [0, 0.1) is 0 Å². The van der Waals surface area contributed by atoms with Crippen LogP contribution >= 0.6 is 0 Å². The summed E-state index contributed by atoms with van der Waals surface area (Å²) < 4.78 is 46.7. The Kier molecular flexibility index (Phi) is 4.20. The number of nitrogens with two attached hydrogens (primary N) is 1. The van der Waals surface area contributed by atoms with Gasteiger partial charge >= 0.3 is 6.36 Å². The third kappa shape index (κ3) is 3.70. The van der Waals surface area contributed by atoms with Crippen molar-refractivity contribution < 1.29 is 22.6 Å². The van der Waals surface area contributed by atoms with Crippen LogP contribution in [0.4, 0.5) is 18.9 Å². The van der Waals surface area contributed by atoms with Crippen LogP contribution in [0.3, 0.4) is 0 Å². The second kappa shape index (κ2) is 6.31. The Bertz CT molecular complexity index is 762. The Labute approximate surface area is 135 Å². The first kappa shape index (κ1) is 16.0. The first-order valence-corrected chi connectivity index (χ1v) is 7.09. The molecule has 1 aliphatic rings. The van der Waals surface area contributed by atoms with Crippen LogP contribution in [0.25, 0.3) is 0 Å². The van der Waals surface area contributed by atoms with Crippen LogP contribution in [-0.4, -0.2) is 18.9 Å². The molecule has 0 aromatic heterocycles. The van der Waals surface area contributed by atoms with Gasteiger partial charge in [0.25, 0.3) is 0 Å². The molecule has 0 saturated heterocycles. The smallest absolute Gasteiger partial charge is 0.491 e. The van der Waals surface area contributed by atoms with Crippen molar-refractivity contribution in [3.8, 4) is 11.5 Å². The van der Waals surface area contributed by atoms with E-state index in [0.29, 0.717) is 6.61 Å². The molecule has 1 atom stereocenters. The molecule has 0 spiro atoms. The fraction of sp³-hybridized carbons (Fsp3) is 0.188. The number of nitrogens with one attached hydrogen (secondary N) is 1. The van der Waals surface area contributed by atoms with Crippen LogP contribution < -0.4 is 20.5 Å². The lowest BCUT2D eigenvalue weighted by molar-refractivity contribution is -0.274. The van der Waals surface area contributed by atoms with Crippen molar-refractivity contribution in [3.63, 3.8) is 0 Å². The van der Waals surface area contributed by atoms with Gasteiger partial charge in [-0.1, -0.05) is 30.3 Å². The first-order chi connectivity index (χ1) is 11.4. The summed E-state index contributed by atoms with van der Waals surface area (Å²) in [7, 11) is 0. The Hall–Kier alpha value is -2.90. The van der Waals surface area contributed by atoms with E-state index in [1.165, 1.54) is 18.2 Å². The Morgan fingerprint density at radius 3 is 2.67 bits per heavy atom. The zero-order valence-electron chi connectivity index (χ0n) is 12.4. The molecular formula is C16H14F3N3O2. The number of fused-ring (bicyclic) bond motifs is 1. The number of aliphatic imine (C=N–C) groups is 1. The minimum atomic E-state index is -4.79. The molecule has 0 bridgehead atoms. The number of nitrogens with zero attached hydrogens (tertiary/aromatic N) is 1. The predicted octanol–water partition coefficient (Wildman–Crippen LogP) is 3.45. The van der Waals surface area contributed by atoms with Crippen molar-refractivity contribution in [1.82, 2.24) is 0 Å². The summed E-state index contributed by atoms with van der Waals surface area (Å²) in [6.45, 7) is 0.322. The molecule has 0 aliphatic carbocycles. The van der Waals surface area contributed by atoms with Gasteiger partial charge in [0.15, 0.2) is 11.7 Å². The normalized spacial score (nSPS) is 17.1. The summed E-state index contributed by atoms with van der Waals surface area (Å²) in [5, 5.41) is 2.64. The third-order valence-corrected chi connectivity index (χ3v) is 3.35. The summed E-state index contributed by atoms with van der Waals surface area (Å²) in [4.78, 5) is 4.27. The highest BCUT2D eigenvalue weighted by molar-refractivity contribution is 5.93. The number of hydrogen-bond acceptors (Lipinski definition) is 3. The van der Waals surface area contributed by atoms with Crippen molar-refractivity contribution in [2.75, 3.05) is 11.9 Å². The number of rotatable bonds is 3. The lowest BCUT2D eigenvalue weighted by Crippen LogP contribution is -2.25. The fourth-order valence-corrected chi connectivity index (χ4v) is 2.37. The minimum Gasteiger partial charge on any atom is -0.491 e. The van der Waals surface area contributed by atoms with Crippen LogP contribution in [0.2, 0.25) is 0 Å². The summed E-state index contributed by atoms with van der Waals surface area (Å²) in [6.07, 6.45) is -4.79. The van der Waals surface area contributed by atoms with Crippen LogP contribution in [0.15, 0.2) is 53.5 Å². The minimum absolute atomic E-state index is 0.0291. The molecule has 2 aromatic carbocycles. The van der Waals surface area contributed by atoms with E-state index in [1.54, 1.807) is 6.07 Å². The average molecular weight is 337 g/mol. The van der Waals surface area contributed by atoms with Crippen LogP contribution in [0.1, 0.15) is 11.6 Å². The van der Waals surface area contributed by atoms with E-state index < -0.39 is 6.36 Å². The van der Waals surface area contributed by atoms with Gasteiger partial charge in [0.05, 0.1) is 5.69 Å². The molecule has 3 rings (SSSR count). The summed E-state index contributed by atoms with van der Waals surface area (Å²) in [5.74, 6) is 0.310. The highest BCUT2D eigenvalue weighted by Gasteiger charge is 2.32. The molecule has 0 fully saturated rings. The van der Waals surface area contributed by atoms with Gasteiger partial charge in [0.1, 0.15) is 18.4 Å². The molecular weight excluding hydrogens is 323 g/mol. The summed E-state index contributed by atoms with van der Waals surface area (Å²) in [6, 6.07) is 12.7. The number of benzene rings is 2. The van der Waals surface area contributed by atoms with Gasteiger partial charge in [-0.3, -0.25) is 0 Å². The van der Waals surface area contributed by atoms with Gasteiger partial charge < -0.3 is 20.5 Å². The van der Waals surface area contributed by atoms with E-state index >= 15 is 0 Å². The van der Waals surface area contributed by atoms with E-state index in [1.807, 2.05) is 24.3 Å². The van der Waals surface area contributed by atoms with E-state index in [2.05, 4.69) is 15.0 Å². The Balaban J connectivity index is 1.77. The van der Waals surface area contributed by atoms with Crippen LogP contribution in [-0.2, 0) is 0 Å². The molecule has 0 saturated carbocycles. The predicted molar refractivity (Wildman–Crippen MR) is 83.0 cm³/mol. The number of para-hydroxylation sites is 3. The number of ether oxygens (including phenoxy) is 2. The van der Waals surface area contributed by atoms with Crippen molar-refractivity contribution in [3.05, 3.63) is 54.1 Å². The van der Waals surface area contributed by atoms with Crippen molar-refractivity contribution in [2.45, 2.75) is 12.4 Å². The molecule has 2 aromatic rings. The maximum absolute atomic E-state index is 12.4. The van der Waals surface area contributed by atoms with Crippen molar-refractivity contribution >= 4 is 11.6 Å². The molecule has 8 heteroatoms. The highest BCUT2D eigenvalue weighted by Crippen LogP contribution is 2.34. The molecule has 3 N–H and O–H groups in total. The maximum atomic E-state index is 12.4. The second-order valence-corrected chi connectivity index (χ2v) is 5.05. The molecule has 1 heterocycles. The van der Waals surface area contributed by atoms with Crippen molar-refractivity contribution in [1.29, 1.82) is 0 Å². The first-order valence-electron chi connectivity index (χ1n) is 7.09. The molecule has 24 heavy (non-hydrogen) atoms. The Morgan fingerprint density at radius 1 is 1.17 bits per heavy atom. The lowest BCUT2D eigenvalue weighted by Gasteiger charge is -2.14. The number of guanidine groups is 1. The van der Waals surface area contributed by atoms with Crippen LogP contribution in [0.5, 0.6) is 11.5 Å². The van der Waals surface area contributed by atoms with Gasteiger partial charge in [-0.25, -0.2) is 4.99 Å². The maximum Gasteiger partial charge on any atom is 0.573 e. The fourth-order valence-electron chi connectivity index (χ4n) is 2.37. The second-order valence-electron chi connectivity index (χ2n) is 5.05. The van der Waals surface area contributed by atoms with Gasteiger partial charge in [-0.2, -0.15) is 0 Å². The van der Waals surface area contributed by atoms with Gasteiger partial charge in [-0.15, -0.1) is 13.2 Å². The number of hydrogen-bond donors (Lipinski definition) is 2. The largest absolute Gasteiger partial charge is 0.573 e. The van der Waals surface area contributed by atoms with Gasteiger partial charge in [0, 0.05) is 5.56 Å². The quantitative estimate of drug-likeness (QED) is 0.665. The number of halogens is 3. The number of alkyl halides is 3. The lowest BCUT2D eigenvalue weighted by atomic mass is 10.1. The number of anilines is 1. The van der Waals surface area contributed by atoms with Crippen molar-refractivity contribution in [2.24, 2.45) is 10.7 Å². The third-order valence-electron chi connectivity index (χ3n) is 3.35. The SMILES string of the molecule is NC(=NC1COc2ccccc21)Nc1ccccc1OC(F)(F)F. The zero-order valence-corrected chi connectivity index (χ0v) is 12.4.